The van der Waals surface area contributed by atoms with Crippen molar-refractivity contribution in [1.29, 1.82) is 0 Å². The maximum Gasteiger partial charge on any atom is 0.326 e. The fraction of sp³-hybridized carbons (Fsp3) is 0.700. The molecule has 0 rings (SSSR count). The Morgan fingerprint density at radius 2 is 1.51 bits per heavy atom. The third-order valence-corrected chi connectivity index (χ3v) is 5.45. The highest BCUT2D eigenvalue weighted by Crippen LogP contribution is 2.08. The number of guanidine groups is 1. The molecule has 4 amide bonds. The predicted molar refractivity (Wildman–Crippen MR) is 133 cm³/mol. The second-order valence-electron chi connectivity index (χ2n) is 8.20. The lowest BCUT2D eigenvalue weighted by Gasteiger charge is -2.27. The van der Waals surface area contributed by atoms with Gasteiger partial charge in [0.1, 0.15) is 18.1 Å². The number of hydrogen-bond acceptors (Lipinski definition) is 8. The van der Waals surface area contributed by atoms with Crippen LogP contribution in [0.5, 0.6) is 0 Å². The zero-order valence-corrected chi connectivity index (χ0v) is 21.1. The number of carbonyl (C=O) groups excluding carboxylic acids is 4. The van der Waals surface area contributed by atoms with Crippen molar-refractivity contribution in [3.63, 3.8) is 0 Å². The third kappa shape index (κ3) is 13.4. The number of hydrogen-bond donors (Lipinski definition) is 8. The molecule has 200 valence electrons. The Morgan fingerprint density at radius 1 is 0.914 bits per heavy atom. The molecular formula is C20H38N8O6S. The van der Waals surface area contributed by atoms with Crippen LogP contribution in [-0.2, 0) is 24.0 Å². The fourth-order valence-corrected chi connectivity index (χ4v) is 3.38. The molecule has 0 saturated heterocycles. The van der Waals surface area contributed by atoms with Crippen LogP contribution < -0.4 is 38.9 Å². The third-order valence-electron chi connectivity index (χ3n) is 4.81. The number of carboxylic acids is 1. The monoisotopic (exact) mass is 518 g/mol. The summed E-state index contributed by atoms with van der Waals surface area (Å²) in [5.41, 5.74) is 21.2. The number of nitrogens with one attached hydrogen (secondary N) is 3. The number of carboxylic acid groups (broad SMARTS) is 1. The van der Waals surface area contributed by atoms with E-state index in [-0.39, 0.29) is 31.3 Å². The van der Waals surface area contributed by atoms with Gasteiger partial charge in [-0.05, 0) is 37.2 Å². The average molecular weight is 519 g/mol. The highest BCUT2D eigenvalue weighted by molar-refractivity contribution is 7.98. The molecule has 0 aromatic rings. The lowest BCUT2D eigenvalue weighted by molar-refractivity contribution is -0.142. The van der Waals surface area contributed by atoms with Gasteiger partial charge >= 0.3 is 5.97 Å². The Hall–Kier alpha value is -3.07. The van der Waals surface area contributed by atoms with E-state index in [4.69, 9.17) is 22.9 Å². The van der Waals surface area contributed by atoms with E-state index in [1.807, 2.05) is 6.26 Å². The minimum absolute atomic E-state index is 0.0729. The van der Waals surface area contributed by atoms with Crippen LogP contribution in [0.3, 0.4) is 0 Å². The molecule has 0 saturated carbocycles. The van der Waals surface area contributed by atoms with Gasteiger partial charge in [0.2, 0.25) is 23.6 Å². The summed E-state index contributed by atoms with van der Waals surface area (Å²) < 4.78 is 0. The van der Waals surface area contributed by atoms with Crippen molar-refractivity contribution in [1.82, 2.24) is 16.0 Å². The number of aliphatic imine (C=N–C) groups is 1. The van der Waals surface area contributed by atoms with Gasteiger partial charge in [-0.2, -0.15) is 11.8 Å². The Balaban J connectivity index is 5.36. The van der Waals surface area contributed by atoms with E-state index in [1.165, 1.54) is 11.8 Å². The summed E-state index contributed by atoms with van der Waals surface area (Å²) >= 11 is 1.44. The number of aliphatic carboxylic acids is 1. The minimum Gasteiger partial charge on any atom is -0.480 e. The average Bonchev–Trinajstić information content (AvgIpc) is 2.75. The van der Waals surface area contributed by atoms with Gasteiger partial charge in [0, 0.05) is 6.54 Å². The van der Waals surface area contributed by atoms with Gasteiger partial charge in [-0.1, -0.05) is 13.8 Å². The van der Waals surface area contributed by atoms with Crippen molar-refractivity contribution in [3.8, 4) is 0 Å². The van der Waals surface area contributed by atoms with Crippen LogP contribution in [-0.4, -0.2) is 83.4 Å². The summed E-state index contributed by atoms with van der Waals surface area (Å²) in [6.45, 7) is 3.55. The van der Waals surface area contributed by atoms with Gasteiger partial charge in [0.25, 0.3) is 0 Å². The molecule has 0 radical (unpaired) electrons. The maximum absolute atomic E-state index is 12.9. The lowest BCUT2D eigenvalue weighted by atomic mass is 10.0. The summed E-state index contributed by atoms with van der Waals surface area (Å²) in [5.74, 6) is -4.08. The molecule has 4 unspecified atom stereocenters. The summed E-state index contributed by atoms with van der Waals surface area (Å²) in [7, 11) is 0. The summed E-state index contributed by atoms with van der Waals surface area (Å²) in [6.07, 6.45) is 2.03. The molecule has 4 atom stereocenters. The topological polar surface area (TPSA) is 258 Å². The summed E-state index contributed by atoms with van der Waals surface area (Å²) in [6, 6.07) is -4.54. The molecule has 0 spiro atoms. The first kappa shape index (κ1) is 31.9. The standard InChI is InChI=1S/C20H38N8O6S/c1-10(2)15(28-16(30)11(21)9-14(22)29)18(32)26-12(6-8-35-3)17(31)27-13(19(33)34)5-4-7-25-20(23)24/h10-13,15H,4-9,21H2,1-3H3,(H2,22,29)(H,26,32)(H,27,31)(H,28,30)(H,33,34)(H4,23,24,25). The van der Waals surface area contributed by atoms with Crippen molar-refractivity contribution in [2.24, 2.45) is 33.8 Å². The number of nitrogens with two attached hydrogens (primary N) is 4. The second-order valence-corrected chi connectivity index (χ2v) is 9.18. The van der Waals surface area contributed by atoms with Crippen LogP contribution in [0.25, 0.3) is 0 Å². The van der Waals surface area contributed by atoms with Gasteiger partial charge in [0.15, 0.2) is 5.96 Å². The first-order valence-electron chi connectivity index (χ1n) is 11.0. The molecule has 0 heterocycles. The number of nitrogens with zero attached hydrogens (tertiary/aromatic N) is 1. The van der Waals surface area contributed by atoms with E-state index >= 15 is 0 Å². The Morgan fingerprint density at radius 3 is 2.00 bits per heavy atom. The van der Waals surface area contributed by atoms with Gasteiger partial charge in [-0.15, -0.1) is 0 Å². The van der Waals surface area contributed by atoms with E-state index in [0.717, 1.165) is 0 Å². The molecule has 0 aliphatic rings. The zero-order chi connectivity index (χ0) is 27.1. The molecule has 35 heavy (non-hydrogen) atoms. The molecular weight excluding hydrogens is 480 g/mol. The molecule has 15 heteroatoms. The fourth-order valence-electron chi connectivity index (χ4n) is 2.90. The molecule has 0 aliphatic heterocycles. The van der Waals surface area contributed by atoms with Crippen molar-refractivity contribution >= 4 is 47.3 Å². The molecule has 0 aliphatic carbocycles. The number of rotatable bonds is 17. The molecule has 0 fully saturated rings. The lowest BCUT2D eigenvalue weighted by Crippen LogP contribution is -2.58. The number of thioether (sulfide) groups is 1. The number of amides is 4. The van der Waals surface area contributed by atoms with Crippen LogP contribution in [0.2, 0.25) is 0 Å². The molecule has 14 nitrogen and oxygen atoms in total. The largest absolute Gasteiger partial charge is 0.480 e. The van der Waals surface area contributed by atoms with Gasteiger partial charge in [-0.3, -0.25) is 24.2 Å². The number of primary amides is 1. The van der Waals surface area contributed by atoms with Crippen molar-refractivity contribution < 1.29 is 29.1 Å². The van der Waals surface area contributed by atoms with Crippen LogP contribution in [0, 0.1) is 5.92 Å². The van der Waals surface area contributed by atoms with E-state index in [9.17, 15) is 29.1 Å². The van der Waals surface area contributed by atoms with Crippen LogP contribution in [0.4, 0.5) is 0 Å². The minimum atomic E-state index is -1.24. The Labute approximate surface area is 208 Å². The SMILES string of the molecule is CSCCC(NC(=O)C(NC(=O)C(N)CC(N)=O)C(C)C)C(=O)NC(CCCN=C(N)N)C(=O)O. The summed E-state index contributed by atoms with van der Waals surface area (Å²) in [4.78, 5) is 64.5. The Kier molecular flexibility index (Phi) is 15.1. The van der Waals surface area contributed by atoms with Crippen LogP contribution in [0.15, 0.2) is 4.99 Å². The van der Waals surface area contributed by atoms with E-state index < -0.39 is 60.2 Å². The molecule has 0 aromatic carbocycles. The van der Waals surface area contributed by atoms with E-state index in [1.54, 1.807) is 13.8 Å². The first-order chi connectivity index (χ1) is 16.3. The van der Waals surface area contributed by atoms with Crippen molar-refractivity contribution in [2.75, 3.05) is 18.6 Å². The smallest absolute Gasteiger partial charge is 0.326 e. The van der Waals surface area contributed by atoms with E-state index in [2.05, 4.69) is 20.9 Å². The van der Waals surface area contributed by atoms with Crippen LogP contribution >= 0.6 is 11.8 Å². The second kappa shape index (κ2) is 16.5. The van der Waals surface area contributed by atoms with Crippen LogP contribution in [0.1, 0.15) is 39.5 Å². The first-order valence-corrected chi connectivity index (χ1v) is 12.4. The zero-order valence-electron chi connectivity index (χ0n) is 20.3. The molecule has 12 N–H and O–H groups in total. The van der Waals surface area contributed by atoms with Crippen molar-refractivity contribution in [3.05, 3.63) is 0 Å². The number of carbonyl (C=O) groups is 5. The normalized spacial score (nSPS) is 14.2. The summed E-state index contributed by atoms with van der Waals surface area (Å²) in [5, 5.41) is 17.0. The van der Waals surface area contributed by atoms with Gasteiger partial charge < -0.3 is 44.0 Å². The highest BCUT2D eigenvalue weighted by Gasteiger charge is 2.31. The molecule has 0 bridgehead atoms. The molecule has 0 aromatic heterocycles. The predicted octanol–water partition coefficient (Wildman–Crippen LogP) is -2.81. The van der Waals surface area contributed by atoms with Gasteiger partial charge in [-0.25, -0.2) is 4.79 Å². The van der Waals surface area contributed by atoms with E-state index in [0.29, 0.717) is 12.2 Å². The highest BCUT2D eigenvalue weighted by atomic mass is 32.2. The van der Waals surface area contributed by atoms with Crippen molar-refractivity contribution in [2.45, 2.75) is 63.7 Å². The van der Waals surface area contributed by atoms with Gasteiger partial charge in [0.05, 0.1) is 12.5 Å². The maximum atomic E-state index is 12.9. The Bertz CT molecular complexity index is 775. The quantitative estimate of drug-likeness (QED) is 0.0556.